The second kappa shape index (κ2) is 6.15. The number of hydrogen-bond acceptors (Lipinski definition) is 5. The van der Waals surface area contributed by atoms with Crippen molar-refractivity contribution in [3.8, 4) is 0 Å². The molecule has 0 bridgehead atoms. The number of amides is 1. The minimum Gasteiger partial charge on any atom is -0.467 e. The van der Waals surface area contributed by atoms with Gasteiger partial charge in [0.25, 0.3) is 0 Å². The van der Waals surface area contributed by atoms with E-state index >= 15 is 0 Å². The summed E-state index contributed by atoms with van der Waals surface area (Å²) in [7, 11) is 1.34. The van der Waals surface area contributed by atoms with E-state index in [1.807, 2.05) is 5.38 Å². The molecule has 1 amide bonds. The van der Waals surface area contributed by atoms with Crippen molar-refractivity contribution in [1.82, 2.24) is 4.90 Å². The Labute approximate surface area is 127 Å². The molecule has 6 heteroatoms. The number of morpholine rings is 1. The van der Waals surface area contributed by atoms with Crippen LogP contribution in [-0.4, -0.2) is 49.7 Å². The van der Waals surface area contributed by atoms with Crippen LogP contribution in [0.3, 0.4) is 0 Å². The SMILES string of the molecule is COC(=O)C1COCCN1C(=O)C1CCCc2sccc21. The molecule has 0 aromatic carbocycles. The van der Waals surface area contributed by atoms with Gasteiger partial charge in [-0.05, 0) is 36.3 Å². The molecule has 0 N–H and O–H groups in total. The van der Waals surface area contributed by atoms with Crippen molar-refractivity contribution in [1.29, 1.82) is 0 Å². The number of rotatable bonds is 2. The van der Waals surface area contributed by atoms with Gasteiger partial charge in [-0.3, -0.25) is 4.79 Å². The first kappa shape index (κ1) is 14.5. The molecule has 0 radical (unpaired) electrons. The Morgan fingerprint density at radius 1 is 1.48 bits per heavy atom. The molecular weight excluding hydrogens is 290 g/mol. The summed E-state index contributed by atoms with van der Waals surface area (Å²) in [5.41, 5.74) is 1.14. The fraction of sp³-hybridized carbons (Fsp3) is 0.600. The third-order valence-corrected chi connectivity index (χ3v) is 5.23. The number of hydrogen-bond donors (Lipinski definition) is 0. The molecule has 0 spiro atoms. The van der Waals surface area contributed by atoms with Crippen LogP contribution in [0.5, 0.6) is 0 Å². The molecule has 2 unspecified atom stereocenters. The summed E-state index contributed by atoms with van der Waals surface area (Å²) in [5, 5.41) is 2.05. The van der Waals surface area contributed by atoms with Crippen LogP contribution in [0.2, 0.25) is 0 Å². The third kappa shape index (κ3) is 2.70. The van der Waals surface area contributed by atoms with Gasteiger partial charge in [0.05, 0.1) is 26.2 Å². The highest BCUT2D eigenvalue weighted by molar-refractivity contribution is 7.10. The molecule has 5 nitrogen and oxygen atoms in total. The summed E-state index contributed by atoms with van der Waals surface area (Å²) < 4.78 is 10.1. The van der Waals surface area contributed by atoms with Gasteiger partial charge < -0.3 is 14.4 Å². The summed E-state index contributed by atoms with van der Waals surface area (Å²) in [6, 6.07) is 1.44. The number of esters is 1. The number of nitrogens with zero attached hydrogens (tertiary/aromatic N) is 1. The quantitative estimate of drug-likeness (QED) is 0.778. The standard InChI is InChI=1S/C15H19NO4S/c1-19-15(18)12-9-20-7-6-16(12)14(17)11-3-2-4-13-10(11)5-8-21-13/h5,8,11-12H,2-4,6-7,9H2,1H3. The van der Waals surface area contributed by atoms with Gasteiger partial charge in [0.1, 0.15) is 0 Å². The van der Waals surface area contributed by atoms with E-state index in [4.69, 9.17) is 9.47 Å². The molecular formula is C15H19NO4S. The zero-order valence-electron chi connectivity index (χ0n) is 12.0. The summed E-state index contributed by atoms with van der Waals surface area (Å²) in [4.78, 5) is 27.7. The molecule has 1 fully saturated rings. The van der Waals surface area contributed by atoms with Gasteiger partial charge >= 0.3 is 5.97 Å². The third-order valence-electron chi connectivity index (χ3n) is 4.23. The van der Waals surface area contributed by atoms with Gasteiger partial charge in [-0.1, -0.05) is 0 Å². The van der Waals surface area contributed by atoms with Crippen LogP contribution in [0.1, 0.15) is 29.2 Å². The van der Waals surface area contributed by atoms with Crippen LogP contribution in [0.15, 0.2) is 11.4 Å². The Kier molecular flexibility index (Phi) is 4.26. The van der Waals surface area contributed by atoms with E-state index < -0.39 is 12.0 Å². The summed E-state index contributed by atoms with van der Waals surface area (Å²) in [6.45, 7) is 1.15. The van der Waals surface area contributed by atoms with Crippen LogP contribution in [0.4, 0.5) is 0 Å². The first-order valence-electron chi connectivity index (χ1n) is 7.24. The molecule has 0 saturated carbocycles. The second-order valence-electron chi connectivity index (χ2n) is 5.39. The van der Waals surface area contributed by atoms with Gasteiger partial charge in [-0.25, -0.2) is 4.79 Å². The molecule has 2 atom stereocenters. The molecule has 2 aliphatic rings. The number of carbonyl (C=O) groups is 2. The van der Waals surface area contributed by atoms with Gasteiger partial charge in [-0.15, -0.1) is 11.3 Å². The fourth-order valence-electron chi connectivity index (χ4n) is 3.14. The van der Waals surface area contributed by atoms with E-state index in [1.54, 1.807) is 16.2 Å². The van der Waals surface area contributed by atoms with Gasteiger partial charge in [-0.2, -0.15) is 0 Å². The Hall–Kier alpha value is -1.40. The van der Waals surface area contributed by atoms with Crippen LogP contribution < -0.4 is 0 Å². The van der Waals surface area contributed by atoms with E-state index in [9.17, 15) is 9.59 Å². The Morgan fingerprint density at radius 2 is 2.33 bits per heavy atom. The lowest BCUT2D eigenvalue weighted by Crippen LogP contribution is -2.54. The van der Waals surface area contributed by atoms with Crippen molar-refractivity contribution < 1.29 is 19.1 Å². The lowest BCUT2D eigenvalue weighted by Gasteiger charge is -2.36. The number of carbonyl (C=O) groups excluding carboxylic acids is 2. The highest BCUT2D eigenvalue weighted by Gasteiger charge is 2.38. The van der Waals surface area contributed by atoms with E-state index in [2.05, 4.69) is 6.07 Å². The van der Waals surface area contributed by atoms with Crippen molar-refractivity contribution in [2.24, 2.45) is 0 Å². The van der Waals surface area contributed by atoms with Crippen LogP contribution in [0, 0.1) is 0 Å². The number of methoxy groups -OCH3 is 1. The molecule has 1 aliphatic heterocycles. The van der Waals surface area contributed by atoms with Gasteiger partial charge in [0, 0.05) is 11.4 Å². The number of aryl methyl sites for hydroxylation is 1. The Bertz CT molecular complexity index is 542. The average molecular weight is 309 g/mol. The van der Waals surface area contributed by atoms with E-state index in [0.717, 1.165) is 24.8 Å². The summed E-state index contributed by atoms with van der Waals surface area (Å²) >= 11 is 1.72. The van der Waals surface area contributed by atoms with E-state index in [0.29, 0.717) is 13.2 Å². The molecule has 1 saturated heterocycles. The summed E-state index contributed by atoms with van der Waals surface area (Å²) in [6.07, 6.45) is 2.94. The topological polar surface area (TPSA) is 55.8 Å². The van der Waals surface area contributed by atoms with Crippen LogP contribution >= 0.6 is 11.3 Å². The summed E-state index contributed by atoms with van der Waals surface area (Å²) in [5.74, 6) is -0.484. The molecule has 1 aromatic rings. The Morgan fingerprint density at radius 3 is 3.14 bits per heavy atom. The predicted octanol–water partition coefficient (Wildman–Crippen LogP) is 1.57. The average Bonchev–Trinajstić information content (AvgIpc) is 3.02. The normalized spacial score (nSPS) is 25.3. The monoisotopic (exact) mass is 309 g/mol. The fourth-order valence-corrected chi connectivity index (χ4v) is 4.13. The maximum absolute atomic E-state index is 12.9. The highest BCUT2D eigenvalue weighted by atomic mass is 32.1. The maximum Gasteiger partial charge on any atom is 0.331 e. The van der Waals surface area contributed by atoms with Crippen LogP contribution in [0.25, 0.3) is 0 Å². The van der Waals surface area contributed by atoms with E-state index in [-0.39, 0.29) is 18.4 Å². The molecule has 3 rings (SSSR count). The van der Waals surface area contributed by atoms with Crippen molar-refractivity contribution in [3.05, 3.63) is 21.9 Å². The second-order valence-corrected chi connectivity index (χ2v) is 6.39. The molecule has 1 aromatic heterocycles. The number of thiophene rings is 1. The van der Waals surface area contributed by atoms with Crippen molar-refractivity contribution in [2.75, 3.05) is 26.9 Å². The Balaban J connectivity index is 1.82. The van der Waals surface area contributed by atoms with Gasteiger partial charge in [0.2, 0.25) is 5.91 Å². The van der Waals surface area contributed by atoms with Gasteiger partial charge in [0.15, 0.2) is 6.04 Å². The number of ether oxygens (including phenoxy) is 2. The minimum atomic E-state index is -0.611. The predicted molar refractivity (Wildman–Crippen MR) is 78.3 cm³/mol. The smallest absolute Gasteiger partial charge is 0.331 e. The lowest BCUT2D eigenvalue weighted by atomic mass is 9.86. The maximum atomic E-state index is 12.9. The largest absolute Gasteiger partial charge is 0.467 e. The molecule has 21 heavy (non-hydrogen) atoms. The van der Waals surface area contributed by atoms with Crippen molar-refractivity contribution in [2.45, 2.75) is 31.2 Å². The lowest BCUT2D eigenvalue weighted by molar-refractivity contribution is -0.161. The van der Waals surface area contributed by atoms with Crippen LogP contribution in [-0.2, 0) is 25.5 Å². The zero-order chi connectivity index (χ0) is 14.8. The number of fused-ring (bicyclic) bond motifs is 1. The highest BCUT2D eigenvalue weighted by Crippen LogP contribution is 2.36. The first-order chi connectivity index (χ1) is 10.2. The van der Waals surface area contributed by atoms with Crippen molar-refractivity contribution in [3.63, 3.8) is 0 Å². The molecule has 2 heterocycles. The molecule has 114 valence electrons. The van der Waals surface area contributed by atoms with Crippen molar-refractivity contribution >= 4 is 23.2 Å². The molecule has 1 aliphatic carbocycles. The first-order valence-corrected chi connectivity index (χ1v) is 8.12. The van der Waals surface area contributed by atoms with E-state index in [1.165, 1.54) is 12.0 Å². The minimum absolute atomic E-state index is 0.0352. The zero-order valence-corrected chi connectivity index (χ0v) is 12.9.